The summed E-state index contributed by atoms with van der Waals surface area (Å²) in [6.07, 6.45) is 8.52. The van der Waals surface area contributed by atoms with Crippen molar-refractivity contribution in [2.45, 2.75) is 57.5 Å². The summed E-state index contributed by atoms with van der Waals surface area (Å²) >= 11 is 0. The first-order valence-electron chi connectivity index (χ1n) is 8.87. The van der Waals surface area contributed by atoms with Crippen LogP contribution in [0.4, 0.5) is 0 Å². The fourth-order valence-corrected chi connectivity index (χ4v) is 4.14. The number of nitrogens with zero attached hydrogens (tertiary/aromatic N) is 1. The van der Waals surface area contributed by atoms with Crippen molar-refractivity contribution in [1.82, 2.24) is 10.2 Å². The highest BCUT2D eigenvalue weighted by Gasteiger charge is 2.28. The molecular weight excluding hydrogens is 256 g/mol. The Morgan fingerprint density at radius 2 is 1.81 bits per heavy atom. The summed E-state index contributed by atoms with van der Waals surface area (Å²) in [4.78, 5) is 2.76. The Hall–Kier alpha value is -0.860. The molecule has 0 aromatic heterocycles. The molecule has 1 aromatic carbocycles. The Labute approximate surface area is 129 Å². The summed E-state index contributed by atoms with van der Waals surface area (Å²) in [5, 5.41) is 3.74. The zero-order valence-electron chi connectivity index (χ0n) is 13.4. The zero-order valence-corrected chi connectivity index (χ0v) is 13.4. The molecule has 0 spiro atoms. The highest BCUT2D eigenvalue weighted by atomic mass is 15.2. The zero-order chi connectivity index (χ0) is 14.5. The third-order valence-electron chi connectivity index (χ3n) is 5.54. The van der Waals surface area contributed by atoms with Crippen LogP contribution in [0.5, 0.6) is 0 Å². The monoisotopic (exact) mass is 286 g/mol. The predicted octanol–water partition coefficient (Wildman–Crippen LogP) is 3.99. The fourth-order valence-electron chi connectivity index (χ4n) is 4.14. The number of benzene rings is 1. The summed E-state index contributed by atoms with van der Waals surface area (Å²) in [7, 11) is 0. The van der Waals surface area contributed by atoms with Gasteiger partial charge in [0.2, 0.25) is 0 Å². The molecule has 1 saturated heterocycles. The fraction of sp³-hybridized carbons (Fsp3) is 0.684. The first-order chi connectivity index (χ1) is 10.3. The van der Waals surface area contributed by atoms with Crippen molar-refractivity contribution >= 4 is 0 Å². The van der Waals surface area contributed by atoms with Crippen LogP contribution in [-0.4, -0.2) is 30.6 Å². The average Bonchev–Trinajstić information content (AvgIpc) is 2.82. The van der Waals surface area contributed by atoms with Gasteiger partial charge >= 0.3 is 0 Å². The predicted molar refractivity (Wildman–Crippen MR) is 89.4 cm³/mol. The van der Waals surface area contributed by atoms with Crippen molar-refractivity contribution < 1.29 is 0 Å². The molecule has 1 aliphatic carbocycles. The molecule has 0 radical (unpaired) electrons. The molecule has 0 bridgehead atoms. The minimum absolute atomic E-state index is 0.500. The second kappa shape index (κ2) is 7.42. The number of hydrogen-bond donors (Lipinski definition) is 1. The van der Waals surface area contributed by atoms with E-state index >= 15 is 0 Å². The van der Waals surface area contributed by atoms with Gasteiger partial charge in [0.25, 0.3) is 0 Å². The van der Waals surface area contributed by atoms with Gasteiger partial charge < -0.3 is 5.32 Å². The van der Waals surface area contributed by atoms with E-state index < -0.39 is 0 Å². The van der Waals surface area contributed by atoms with Gasteiger partial charge in [-0.05, 0) is 50.8 Å². The van der Waals surface area contributed by atoms with E-state index in [0.29, 0.717) is 6.04 Å². The van der Waals surface area contributed by atoms with Crippen molar-refractivity contribution in [3.63, 3.8) is 0 Å². The van der Waals surface area contributed by atoms with Crippen LogP contribution in [-0.2, 0) is 0 Å². The van der Waals surface area contributed by atoms with Crippen LogP contribution in [0.25, 0.3) is 0 Å². The van der Waals surface area contributed by atoms with E-state index in [1.807, 2.05) is 0 Å². The third-order valence-corrected chi connectivity index (χ3v) is 5.54. The quantitative estimate of drug-likeness (QED) is 0.904. The third kappa shape index (κ3) is 3.87. The number of nitrogens with one attached hydrogen (secondary N) is 1. The van der Waals surface area contributed by atoms with E-state index in [9.17, 15) is 0 Å². The molecule has 2 atom stereocenters. The van der Waals surface area contributed by atoms with E-state index in [-0.39, 0.29) is 0 Å². The van der Waals surface area contributed by atoms with Crippen LogP contribution >= 0.6 is 0 Å². The van der Waals surface area contributed by atoms with E-state index in [0.717, 1.165) is 18.5 Å². The molecule has 21 heavy (non-hydrogen) atoms. The normalized spacial score (nSPS) is 27.2. The second-order valence-electron chi connectivity index (χ2n) is 6.90. The van der Waals surface area contributed by atoms with Crippen molar-refractivity contribution in [1.29, 1.82) is 0 Å². The smallest absolute Gasteiger partial charge is 0.0449 e. The number of hydrogen-bond acceptors (Lipinski definition) is 2. The lowest BCUT2D eigenvalue weighted by Crippen LogP contribution is -2.42. The van der Waals surface area contributed by atoms with Gasteiger partial charge in [-0.3, -0.25) is 4.90 Å². The molecule has 116 valence electrons. The van der Waals surface area contributed by atoms with Crippen LogP contribution in [0.2, 0.25) is 0 Å². The molecule has 1 aromatic rings. The summed E-state index contributed by atoms with van der Waals surface area (Å²) in [6.45, 7) is 6.05. The Balaban J connectivity index is 1.67. The highest BCUT2D eigenvalue weighted by Crippen LogP contribution is 2.30. The molecular formula is C19H30N2. The van der Waals surface area contributed by atoms with Crippen LogP contribution in [0.3, 0.4) is 0 Å². The van der Waals surface area contributed by atoms with Crippen LogP contribution in [0.1, 0.15) is 57.1 Å². The topological polar surface area (TPSA) is 15.3 Å². The van der Waals surface area contributed by atoms with E-state index in [4.69, 9.17) is 0 Å². The van der Waals surface area contributed by atoms with Crippen molar-refractivity contribution in [2.75, 3.05) is 19.6 Å². The van der Waals surface area contributed by atoms with Crippen molar-refractivity contribution in [2.24, 2.45) is 5.92 Å². The Morgan fingerprint density at radius 1 is 1.05 bits per heavy atom. The molecule has 1 aliphatic heterocycles. The molecule has 2 unspecified atom stereocenters. The molecule has 2 fully saturated rings. The Bertz CT molecular complexity index is 411. The minimum Gasteiger partial charge on any atom is -0.309 e. The van der Waals surface area contributed by atoms with E-state index in [2.05, 4.69) is 47.5 Å². The molecule has 1 N–H and O–H groups in total. The molecule has 1 heterocycles. The maximum absolute atomic E-state index is 3.74. The lowest BCUT2D eigenvalue weighted by atomic mass is 9.83. The van der Waals surface area contributed by atoms with Gasteiger partial charge in [0.05, 0.1) is 0 Å². The molecule has 2 aliphatic rings. The van der Waals surface area contributed by atoms with Gasteiger partial charge in [-0.2, -0.15) is 0 Å². The van der Waals surface area contributed by atoms with E-state index in [1.165, 1.54) is 57.2 Å². The van der Waals surface area contributed by atoms with Gasteiger partial charge in [-0.25, -0.2) is 0 Å². The van der Waals surface area contributed by atoms with Gasteiger partial charge in [-0.1, -0.05) is 49.6 Å². The summed E-state index contributed by atoms with van der Waals surface area (Å²) < 4.78 is 0. The summed E-state index contributed by atoms with van der Waals surface area (Å²) in [5.41, 5.74) is 1.44. The van der Waals surface area contributed by atoms with E-state index in [1.54, 1.807) is 0 Å². The largest absolute Gasteiger partial charge is 0.309 e. The number of rotatable bonds is 3. The maximum atomic E-state index is 3.74. The van der Waals surface area contributed by atoms with Gasteiger partial charge in [0, 0.05) is 18.6 Å². The average molecular weight is 286 g/mol. The Kier molecular flexibility index (Phi) is 5.32. The van der Waals surface area contributed by atoms with Crippen molar-refractivity contribution in [3.8, 4) is 0 Å². The van der Waals surface area contributed by atoms with Crippen LogP contribution < -0.4 is 5.32 Å². The van der Waals surface area contributed by atoms with Gasteiger partial charge in [0.1, 0.15) is 0 Å². The molecule has 2 nitrogen and oxygen atoms in total. The lowest BCUT2D eigenvalue weighted by Gasteiger charge is -2.37. The first kappa shape index (κ1) is 15.1. The maximum Gasteiger partial charge on any atom is 0.0449 e. The summed E-state index contributed by atoms with van der Waals surface area (Å²) in [6, 6.07) is 12.2. The van der Waals surface area contributed by atoms with Crippen molar-refractivity contribution in [3.05, 3.63) is 35.9 Å². The Morgan fingerprint density at radius 3 is 2.57 bits per heavy atom. The van der Waals surface area contributed by atoms with Crippen LogP contribution in [0.15, 0.2) is 30.3 Å². The van der Waals surface area contributed by atoms with Gasteiger partial charge in [-0.15, -0.1) is 0 Å². The summed E-state index contributed by atoms with van der Waals surface area (Å²) in [5.74, 6) is 0.924. The standard InChI is InChI=1S/C19H30N2/c1-16(17-9-4-2-5-10-17)21-14-8-13-20-19(15-21)18-11-6-3-7-12-18/h3,6-7,11-12,16-17,19-20H,2,4-5,8-10,13-15H2,1H3. The molecule has 1 saturated carbocycles. The molecule has 3 rings (SSSR count). The highest BCUT2D eigenvalue weighted by molar-refractivity contribution is 5.19. The second-order valence-corrected chi connectivity index (χ2v) is 6.90. The minimum atomic E-state index is 0.500. The first-order valence-corrected chi connectivity index (χ1v) is 8.87. The SMILES string of the molecule is CC(C1CCCCC1)N1CCCNC(c2ccccc2)C1. The lowest BCUT2D eigenvalue weighted by molar-refractivity contribution is 0.127. The van der Waals surface area contributed by atoms with Gasteiger partial charge in [0.15, 0.2) is 0 Å². The molecule has 2 heteroatoms. The van der Waals surface area contributed by atoms with Crippen LogP contribution in [0, 0.1) is 5.92 Å². The molecule has 0 amide bonds.